The normalized spacial score (nSPS) is 12.9. The molecule has 11 nitrogen and oxygen atoms in total. The van der Waals surface area contributed by atoms with E-state index in [0.717, 1.165) is 5.39 Å². The van der Waals surface area contributed by atoms with Crippen molar-refractivity contribution in [1.29, 1.82) is 0 Å². The largest absolute Gasteiger partial charge is 0.444 e. The molecule has 0 aliphatic carbocycles. The number of carbonyl (C=O) groups is 1. The summed E-state index contributed by atoms with van der Waals surface area (Å²) in [6.45, 7) is 5.94. The first-order chi connectivity index (χ1) is 13.3. The topological polar surface area (TPSA) is 142 Å². The molecule has 4 N–H and O–H groups in total. The van der Waals surface area contributed by atoms with Crippen LogP contribution in [0, 0.1) is 0 Å². The Balaban J connectivity index is 1.87. The maximum absolute atomic E-state index is 12.0. The molecule has 0 spiro atoms. The molecule has 0 saturated heterocycles. The molecule has 12 heteroatoms. The Labute approximate surface area is 163 Å². The molecule has 3 aromatic heterocycles. The van der Waals surface area contributed by atoms with Crippen LogP contribution in [0.2, 0.25) is 0 Å². The van der Waals surface area contributed by atoms with Gasteiger partial charge < -0.3 is 25.6 Å². The van der Waals surface area contributed by atoms with Gasteiger partial charge in [0, 0.05) is 27.6 Å². The van der Waals surface area contributed by atoms with Crippen molar-refractivity contribution in [3.8, 4) is 0 Å². The number of carbonyl (C=O) groups excluding carboxylic acids is 1. The lowest BCUT2D eigenvalue weighted by Gasteiger charge is -2.24. The first kappa shape index (κ1) is 20.0. The summed E-state index contributed by atoms with van der Waals surface area (Å²) >= 11 is 0. The molecule has 3 aromatic rings. The zero-order valence-corrected chi connectivity index (χ0v) is 17.0. The molecule has 0 aliphatic heterocycles. The third-order valence-corrected chi connectivity index (χ3v) is 3.97. The molecule has 0 aromatic carbocycles. The number of alkyl carbamates (subject to hydrolysis) is 1. The summed E-state index contributed by atoms with van der Waals surface area (Å²) in [5.74, 6) is 0. The fourth-order valence-corrected chi connectivity index (χ4v) is 2.90. The number of rotatable bonds is 6. The average molecular weight is 406 g/mol. The van der Waals surface area contributed by atoms with E-state index in [2.05, 4.69) is 40.6 Å². The first-order valence-electron chi connectivity index (χ1n) is 8.59. The first-order valence-corrected chi connectivity index (χ1v) is 9.06. The van der Waals surface area contributed by atoms with Crippen molar-refractivity contribution < 1.29 is 14.1 Å². The lowest BCUT2D eigenvalue weighted by molar-refractivity contribution is 0.0524. The number of fused-ring (bicyclic) bond motifs is 3. The molecule has 2 atom stereocenters. The number of amides is 1. The molecule has 150 valence electrons. The van der Waals surface area contributed by atoms with E-state index in [1.807, 2.05) is 6.07 Å². The van der Waals surface area contributed by atoms with Crippen LogP contribution < -0.4 is 16.4 Å². The molecular weight excluding hydrogens is 383 g/mol. The van der Waals surface area contributed by atoms with Gasteiger partial charge in [0.05, 0.1) is 18.3 Å². The number of ether oxygens (including phenoxy) is 1. The van der Waals surface area contributed by atoms with E-state index >= 15 is 0 Å². The average Bonchev–Trinajstić information content (AvgIpc) is 3.12. The van der Waals surface area contributed by atoms with Crippen molar-refractivity contribution in [2.75, 3.05) is 24.2 Å². The van der Waals surface area contributed by atoms with Gasteiger partial charge in [-0.25, -0.2) is 9.78 Å². The maximum atomic E-state index is 12.0. The van der Waals surface area contributed by atoms with Gasteiger partial charge in [0.2, 0.25) is 5.65 Å². The van der Waals surface area contributed by atoms with E-state index in [0.29, 0.717) is 22.7 Å². The second-order valence-electron chi connectivity index (χ2n) is 7.13. The van der Waals surface area contributed by atoms with Crippen LogP contribution in [0.1, 0.15) is 20.8 Å². The smallest absolute Gasteiger partial charge is 0.407 e. The summed E-state index contributed by atoms with van der Waals surface area (Å²) in [6, 6.07) is 3.36. The summed E-state index contributed by atoms with van der Waals surface area (Å²) in [5, 5.41) is 18.4. The highest BCUT2D eigenvalue weighted by Gasteiger charge is 2.21. The molecule has 0 radical (unpaired) electrons. The Morgan fingerprint density at radius 2 is 2.18 bits per heavy atom. The van der Waals surface area contributed by atoms with E-state index in [9.17, 15) is 4.79 Å². The molecular formula is C16H23N8O3P. The summed E-state index contributed by atoms with van der Waals surface area (Å²) in [5.41, 5.74) is 7.65. The van der Waals surface area contributed by atoms with Gasteiger partial charge in [0.25, 0.3) is 0 Å². The fourth-order valence-electron chi connectivity index (χ4n) is 2.66. The van der Waals surface area contributed by atoms with Crippen LogP contribution in [-0.4, -0.2) is 55.9 Å². The van der Waals surface area contributed by atoms with Gasteiger partial charge in [-0.1, -0.05) is 0 Å². The Kier molecular flexibility index (Phi) is 5.76. The minimum atomic E-state index is -0.581. The minimum absolute atomic E-state index is 0.251. The Hall–Kier alpha value is -2.78. The Morgan fingerprint density at radius 3 is 2.89 bits per heavy atom. The van der Waals surface area contributed by atoms with Crippen LogP contribution >= 0.6 is 9.47 Å². The summed E-state index contributed by atoms with van der Waals surface area (Å²) < 4.78 is 11.9. The van der Waals surface area contributed by atoms with Gasteiger partial charge in [0.15, 0.2) is 5.65 Å². The number of tetrazole rings is 1. The second-order valence-corrected chi connectivity index (χ2v) is 7.47. The van der Waals surface area contributed by atoms with E-state index in [1.165, 1.54) is 4.52 Å². The Morgan fingerprint density at radius 1 is 1.39 bits per heavy atom. The maximum Gasteiger partial charge on any atom is 0.407 e. The van der Waals surface area contributed by atoms with Crippen molar-refractivity contribution in [1.82, 2.24) is 30.3 Å². The number of nitrogen functional groups attached to an aromatic ring is 1. The molecule has 0 saturated carbocycles. The van der Waals surface area contributed by atoms with Crippen LogP contribution in [0.4, 0.5) is 16.2 Å². The van der Waals surface area contributed by atoms with Crippen molar-refractivity contribution in [3.63, 3.8) is 0 Å². The van der Waals surface area contributed by atoms with Crippen LogP contribution in [-0.2, 0) is 9.26 Å². The van der Waals surface area contributed by atoms with Gasteiger partial charge in [-0.3, -0.25) is 0 Å². The number of nitrogens with zero attached hydrogens (tertiary/aromatic N) is 5. The van der Waals surface area contributed by atoms with Crippen LogP contribution in [0.3, 0.4) is 0 Å². The number of nitrogens with one attached hydrogen (secondary N) is 2. The molecule has 1 amide bonds. The van der Waals surface area contributed by atoms with E-state index in [4.69, 9.17) is 15.0 Å². The zero-order valence-electron chi connectivity index (χ0n) is 15.8. The number of anilines is 2. The van der Waals surface area contributed by atoms with E-state index < -0.39 is 11.7 Å². The standard InChI is InChI=1S/C16H23N8O3P/c1-16(2,3)27-15(25)19-7-9(8-26-28)20-12-10-5-4-6-18-13(10)24-14(11(12)17)21-22-23-24/h4-6,9,20H,7-8,17,28H2,1-3H3,(H,19,25). The fraction of sp³-hybridized carbons (Fsp3) is 0.438. The predicted octanol–water partition coefficient (Wildman–Crippen LogP) is 1.37. The van der Waals surface area contributed by atoms with Gasteiger partial charge >= 0.3 is 6.09 Å². The number of hydrogen-bond donors (Lipinski definition) is 3. The van der Waals surface area contributed by atoms with Crippen LogP contribution in [0.15, 0.2) is 18.3 Å². The van der Waals surface area contributed by atoms with E-state index in [-0.39, 0.29) is 19.2 Å². The van der Waals surface area contributed by atoms with Crippen LogP contribution in [0.5, 0.6) is 0 Å². The number of pyridine rings is 2. The van der Waals surface area contributed by atoms with Crippen molar-refractivity contribution in [3.05, 3.63) is 18.3 Å². The Bertz CT molecular complexity index is 987. The third kappa shape index (κ3) is 4.37. The minimum Gasteiger partial charge on any atom is -0.444 e. The summed E-state index contributed by atoms with van der Waals surface area (Å²) in [6.07, 6.45) is 1.14. The summed E-state index contributed by atoms with van der Waals surface area (Å²) in [4.78, 5) is 16.3. The highest BCUT2D eigenvalue weighted by atomic mass is 31.0. The highest BCUT2D eigenvalue weighted by molar-refractivity contribution is 7.09. The van der Waals surface area contributed by atoms with Crippen LogP contribution in [0.25, 0.3) is 16.7 Å². The quantitative estimate of drug-likeness (QED) is 0.517. The number of nitrogens with two attached hydrogens (primary N) is 1. The molecule has 2 unspecified atom stereocenters. The number of hydrogen-bond acceptors (Lipinski definition) is 9. The second kappa shape index (κ2) is 8.07. The molecule has 3 heterocycles. The highest BCUT2D eigenvalue weighted by Crippen LogP contribution is 2.31. The van der Waals surface area contributed by atoms with Gasteiger partial charge in [-0.05, 0) is 43.3 Å². The SMILES string of the molecule is CC(C)(C)OC(=O)NCC(COP)Nc1c(N)c2nnnn2c2ncccc12. The summed E-state index contributed by atoms with van der Waals surface area (Å²) in [7, 11) is 2.19. The van der Waals surface area contributed by atoms with Gasteiger partial charge in [-0.15, -0.1) is 5.10 Å². The molecule has 0 bridgehead atoms. The van der Waals surface area contributed by atoms with E-state index in [1.54, 1.807) is 33.0 Å². The lowest BCUT2D eigenvalue weighted by Crippen LogP contribution is -2.41. The molecule has 3 rings (SSSR count). The monoisotopic (exact) mass is 406 g/mol. The van der Waals surface area contributed by atoms with Gasteiger partial charge in [-0.2, -0.15) is 4.52 Å². The zero-order chi connectivity index (χ0) is 20.3. The molecule has 0 aliphatic rings. The van der Waals surface area contributed by atoms with Crippen molar-refractivity contribution in [2.24, 2.45) is 0 Å². The lowest BCUT2D eigenvalue weighted by atomic mass is 10.2. The number of aromatic nitrogens is 5. The molecule has 28 heavy (non-hydrogen) atoms. The molecule has 0 fully saturated rings. The van der Waals surface area contributed by atoms with Crippen molar-refractivity contribution >= 4 is 43.6 Å². The van der Waals surface area contributed by atoms with Crippen molar-refractivity contribution in [2.45, 2.75) is 32.4 Å². The predicted molar refractivity (Wildman–Crippen MR) is 108 cm³/mol. The van der Waals surface area contributed by atoms with Gasteiger partial charge in [0.1, 0.15) is 11.3 Å². The third-order valence-electron chi connectivity index (χ3n) is 3.77.